The number of benzene rings is 2. The molecule has 0 unspecified atom stereocenters. The van der Waals surface area contributed by atoms with Crippen LogP contribution in [0.15, 0.2) is 60.7 Å². The summed E-state index contributed by atoms with van der Waals surface area (Å²) in [7, 11) is 0. The summed E-state index contributed by atoms with van der Waals surface area (Å²) in [5, 5.41) is 0. The number of fused-ring (bicyclic) bond motifs is 1. The van der Waals surface area contributed by atoms with Crippen molar-refractivity contribution >= 4 is 11.6 Å². The van der Waals surface area contributed by atoms with Gasteiger partial charge in [0.2, 0.25) is 0 Å². The van der Waals surface area contributed by atoms with Gasteiger partial charge in [-0.05, 0) is 32.6 Å². The number of hydrogen-bond acceptors (Lipinski definition) is 4. The Bertz CT molecular complexity index is 1000. The van der Waals surface area contributed by atoms with E-state index >= 15 is 0 Å². The van der Waals surface area contributed by atoms with Gasteiger partial charge in [0.15, 0.2) is 5.82 Å². The zero-order valence-corrected chi connectivity index (χ0v) is 18.4. The third-order valence-corrected chi connectivity index (χ3v) is 5.89. The minimum Gasteiger partial charge on any atom is -0.355 e. The number of carbonyl (C=O) groups excluding carboxylic acids is 1. The fourth-order valence-corrected chi connectivity index (χ4v) is 4.27. The van der Waals surface area contributed by atoms with E-state index in [2.05, 4.69) is 53.4 Å². The predicted octanol–water partition coefficient (Wildman–Crippen LogP) is 6.10. The highest BCUT2D eigenvalue weighted by molar-refractivity contribution is 5.79. The van der Waals surface area contributed by atoms with Crippen molar-refractivity contribution in [1.82, 2.24) is 9.97 Å². The second kappa shape index (κ2) is 10.3. The van der Waals surface area contributed by atoms with Crippen molar-refractivity contribution in [2.24, 2.45) is 0 Å². The van der Waals surface area contributed by atoms with Crippen molar-refractivity contribution in [3.63, 3.8) is 0 Å². The molecule has 0 spiro atoms. The number of rotatable bonds is 9. The number of anilines is 1. The Balaban J connectivity index is 1.59. The lowest BCUT2D eigenvalue weighted by Gasteiger charge is -2.30. The minimum atomic E-state index is 0.294. The molecule has 1 aliphatic heterocycles. The number of hydrogen-bond donors (Lipinski definition) is 0. The lowest BCUT2D eigenvalue weighted by atomic mass is 10.0. The van der Waals surface area contributed by atoms with Crippen LogP contribution in [0.1, 0.15) is 51.1 Å². The van der Waals surface area contributed by atoms with E-state index in [4.69, 9.17) is 9.97 Å². The zero-order chi connectivity index (χ0) is 21.5. The van der Waals surface area contributed by atoms with Gasteiger partial charge in [-0.2, -0.15) is 0 Å². The van der Waals surface area contributed by atoms with Crippen molar-refractivity contribution in [2.75, 3.05) is 18.0 Å². The summed E-state index contributed by atoms with van der Waals surface area (Å²) >= 11 is 0. The maximum Gasteiger partial charge on any atom is 0.151 e. The molecule has 1 aliphatic rings. The smallest absolute Gasteiger partial charge is 0.151 e. The average Bonchev–Trinajstić information content (AvgIpc) is 2.81. The largest absolute Gasteiger partial charge is 0.355 e. The Kier molecular flexibility index (Phi) is 7.08. The first-order valence-corrected chi connectivity index (χ1v) is 11.5. The number of unbranched alkanes of at least 4 members (excludes halogenated alkanes) is 3. The van der Waals surface area contributed by atoms with Crippen molar-refractivity contribution in [2.45, 2.75) is 51.9 Å². The van der Waals surface area contributed by atoms with Gasteiger partial charge in [-0.1, -0.05) is 73.5 Å². The van der Waals surface area contributed by atoms with Gasteiger partial charge in [0.05, 0.1) is 17.1 Å². The van der Waals surface area contributed by atoms with Crippen LogP contribution in [0.2, 0.25) is 0 Å². The molecule has 4 rings (SSSR count). The van der Waals surface area contributed by atoms with Crippen LogP contribution < -0.4 is 4.90 Å². The van der Waals surface area contributed by atoms with Gasteiger partial charge < -0.3 is 9.69 Å². The number of ketones is 1. The molecule has 4 heteroatoms. The van der Waals surface area contributed by atoms with Crippen LogP contribution in [0, 0.1) is 0 Å². The van der Waals surface area contributed by atoms with Crippen molar-refractivity contribution in [3.05, 3.63) is 66.4 Å². The molecule has 0 amide bonds. The van der Waals surface area contributed by atoms with Gasteiger partial charge >= 0.3 is 0 Å². The number of nitrogens with zero attached hydrogens (tertiary/aromatic N) is 3. The first-order valence-electron chi connectivity index (χ1n) is 11.5. The van der Waals surface area contributed by atoms with Gasteiger partial charge in [0.25, 0.3) is 0 Å². The van der Waals surface area contributed by atoms with E-state index in [0.29, 0.717) is 12.2 Å². The standard InChI is InChI=1S/C27H31N3O/c1-21(31)13-6-2-3-11-19-30-20-12-18-24-27(30)29-26(23-16-9-5-10-17-23)25(28-24)22-14-7-4-8-15-22/h4-5,7-10,14-17H,2-3,6,11-13,18-20H2,1H3. The van der Waals surface area contributed by atoms with Crippen molar-refractivity contribution < 1.29 is 4.79 Å². The first kappa shape index (κ1) is 21.2. The molecule has 31 heavy (non-hydrogen) atoms. The van der Waals surface area contributed by atoms with Gasteiger partial charge in [-0.15, -0.1) is 0 Å². The highest BCUT2D eigenvalue weighted by Gasteiger charge is 2.23. The monoisotopic (exact) mass is 413 g/mol. The summed E-state index contributed by atoms with van der Waals surface area (Å²) < 4.78 is 0. The third kappa shape index (κ3) is 5.38. The fraction of sp³-hybridized carbons (Fsp3) is 0.370. The minimum absolute atomic E-state index is 0.294. The number of carbonyl (C=O) groups is 1. The Hall–Kier alpha value is -3.01. The Labute approximate surface area is 185 Å². The maximum atomic E-state index is 11.1. The molecule has 0 fully saturated rings. The molecule has 0 radical (unpaired) electrons. The Morgan fingerprint density at radius 1 is 0.839 bits per heavy atom. The highest BCUT2D eigenvalue weighted by atomic mass is 16.1. The molecule has 0 bridgehead atoms. The molecule has 0 aliphatic carbocycles. The summed E-state index contributed by atoms with van der Waals surface area (Å²) in [6, 6.07) is 20.8. The molecule has 0 saturated heterocycles. The molecule has 0 N–H and O–H groups in total. The van der Waals surface area contributed by atoms with Gasteiger partial charge in [0, 0.05) is 30.6 Å². The normalized spacial score (nSPS) is 13.1. The van der Waals surface area contributed by atoms with Crippen LogP contribution in [0.25, 0.3) is 22.5 Å². The highest BCUT2D eigenvalue weighted by Crippen LogP contribution is 2.34. The Morgan fingerprint density at radius 3 is 2.10 bits per heavy atom. The molecule has 0 atom stereocenters. The summed E-state index contributed by atoms with van der Waals surface area (Å²) in [5.74, 6) is 1.34. The molecule has 160 valence electrons. The van der Waals surface area contributed by atoms with Crippen LogP contribution in [0.5, 0.6) is 0 Å². The SMILES string of the molecule is CC(=O)CCCCCCN1CCCc2nc(-c3ccccc3)c(-c3ccccc3)nc21. The second-order valence-electron chi connectivity index (χ2n) is 8.38. The van der Waals surface area contributed by atoms with Crippen LogP contribution in [-0.2, 0) is 11.2 Å². The van der Waals surface area contributed by atoms with Crippen LogP contribution in [0.4, 0.5) is 5.82 Å². The number of aromatic nitrogens is 2. The molecule has 0 saturated carbocycles. The van der Waals surface area contributed by atoms with E-state index in [1.54, 1.807) is 6.92 Å². The molecule has 3 aromatic rings. The molecule has 2 aromatic carbocycles. The number of Topliss-reactive ketones (excluding diaryl/α,β-unsaturated/α-hetero) is 1. The quantitative estimate of drug-likeness (QED) is 0.398. The Morgan fingerprint density at radius 2 is 1.45 bits per heavy atom. The lowest BCUT2D eigenvalue weighted by molar-refractivity contribution is -0.117. The van der Waals surface area contributed by atoms with Crippen LogP contribution in [0.3, 0.4) is 0 Å². The van der Waals surface area contributed by atoms with E-state index in [1.165, 1.54) is 0 Å². The summed E-state index contributed by atoms with van der Waals surface area (Å²) in [6.45, 7) is 3.71. The van der Waals surface area contributed by atoms with Gasteiger partial charge in [-0.25, -0.2) is 9.97 Å². The van der Waals surface area contributed by atoms with Crippen LogP contribution in [-0.4, -0.2) is 28.8 Å². The van der Waals surface area contributed by atoms with E-state index in [1.807, 2.05) is 12.1 Å². The molecule has 1 aromatic heterocycles. The molecular formula is C27H31N3O. The topological polar surface area (TPSA) is 46.1 Å². The van der Waals surface area contributed by atoms with E-state index in [0.717, 1.165) is 85.6 Å². The fourth-order valence-electron chi connectivity index (χ4n) is 4.27. The second-order valence-corrected chi connectivity index (χ2v) is 8.38. The van der Waals surface area contributed by atoms with Gasteiger partial charge in [-0.3, -0.25) is 0 Å². The first-order chi connectivity index (χ1) is 15.2. The summed E-state index contributed by atoms with van der Waals surface area (Å²) in [4.78, 5) is 23.9. The lowest BCUT2D eigenvalue weighted by Crippen LogP contribution is -2.32. The predicted molar refractivity (Wildman–Crippen MR) is 127 cm³/mol. The molecule has 4 nitrogen and oxygen atoms in total. The molecular weight excluding hydrogens is 382 g/mol. The molecule has 2 heterocycles. The summed E-state index contributed by atoms with van der Waals surface area (Å²) in [6.07, 6.45) is 7.21. The van der Waals surface area contributed by atoms with E-state index in [9.17, 15) is 4.79 Å². The van der Waals surface area contributed by atoms with Gasteiger partial charge in [0.1, 0.15) is 5.78 Å². The van der Waals surface area contributed by atoms with Crippen LogP contribution >= 0.6 is 0 Å². The number of aryl methyl sites for hydroxylation is 1. The van der Waals surface area contributed by atoms with Crippen molar-refractivity contribution in [3.8, 4) is 22.5 Å². The zero-order valence-electron chi connectivity index (χ0n) is 18.4. The maximum absolute atomic E-state index is 11.1. The summed E-state index contributed by atoms with van der Waals surface area (Å²) in [5.41, 5.74) is 5.25. The van der Waals surface area contributed by atoms with E-state index in [-0.39, 0.29) is 0 Å². The van der Waals surface area contributed by atoms with E-state index < -0.39 is 0 Å². The third-order valence-electron chi connectivity index (χ3n) is 5.89. The van der Waals surface area contributed by atoms with Crippen molar-refractivity contribution in [1.29, 1.82) is 0 Å². The average molecular weight is 414 g/mol.